The summed E-state index contributed by atoms with van der Waals surface area (Å²) in [5.41, 5.74) is 2.59. The molecule has 2 N–H and O–H groups in total. The Morgan fingerprint density at radius 1 is 1.07 bits per heavy atom. The quantitative estimate of drug-likeness (QED) is 0.525. The maximum atomic E-state index is 15.2. The first-order valence-corrected chi connectivity index (χ1v) is 8.65. The van der Waals surface area contributed by atoms with Crippen LogP contribution in [0.1, 0.15) is 41.6 Å². The van der Waals surface area contributed by atoms with Crippen LogP contribution in [-0.2, 0) is 15.7 Å². The minimum absolute atomic E-state index is 0.0148. The lowest BCUT2D eigenvalue weighted by atomic mass is 9.89. The van der Waals surface area contributed by atoms with Gasteiger partial charge >= 0.3 is 12.1 Å². The first kappa shape index (κ1) is 22.7. The van der Waals surface area contributed by atoms with Crippen LogP contribution >= 0.6 is 0 Å². The van der Waals surface area contributed by atoms with Gasteiger partial charge in [-0.25, -0.2) is 13.2 Å². The maximum Gasteiger partial charge on any atom is 0.419 e. The van der Waals surface area contributed by atoms with Gasteiger partial charge in [0.25, 0.3) is 0 Å². The van der Waals surface area contributed by atoms with Crippen molar-refractivity contribution in [1.29, 1.82) is 0 Å². The Kier molecular flexibility index (Phi) is 6.62. The Labute approximate surface area is 163 Å². The van der Waals surface area contributed by atoms with Gasteiger partial charge in [0.05, 0.1) is 18.6 Å². The zero-order valence-electron chi connectivity index (χ0n) is 15.9. The summed E-state index contributed by atoms with van der Waals surface area (Å²) in [6.07, 6.45) is -5.86. The smallest absolute Gasteiger partial charge is 0.419 e. The van der Waals surface area contributed by atoms with E-state index in [-0.39, 0.29) is 23.3 Å². The fraction of sp³-hybridized carbons (Fsp3) is 0.350. The summed E-state index contributed by atoms with van der Waals surface area (Å²) in [4.78, 5) is 11.6. The molecule has 2 aromatic carbocycles. The van der Waals surface area contributed by atoms with Gasteiger partial charge in [0, 0.05) is 17.2 Å². The molecule has 3 nitrogen and oxygen atoms in total. The summed E-state index contributed by atoms with van der Waals surface area (Å²) >= 11 is 0. The van der Waals surface area contributed by atoms with Crippen molar-refractivity contribution in [1.82, 2.24) is 0 Å². The van der Waals surface area contributed by atoms with Gasteiger partial charge in [-0.05, 0) is 55.7 Å². The van der Waals surface area contributed by atoms with Crippen LogP contribution in [0.4, 0.5) is 26.3 Å². The lowest BCUT2D eigenvalue weighted by molar-refractivity contribution is -0.143. The minimum Gasteiger partial charge on any atom is -0.466 e. The number of aryl methyl sites for hydroxylation is 2. The predicted octanol–water partition coefficient (Wildman–Crippen LogP) is 5.36. The Morgan fingerprint density at radius 3 is 2.10 bits per heavy atom. The van der Waals surface area contributed by atoms with E-state index in [9.17, 15) is 26.7 Å². The second kappa shape index (κ2) is 8.44. The standard InChI is InChI=1S/C20H19F6NO2/c1-4-29-15(28)8-14(27)17-18(22)12(7-13(19(17)23)20(24,25)26)16-9(2)5-11(21)6-10(16)3/h5-7,14H,4,8,27H2,1-3H3/t14-/m0/s1. The molecule has 0 radical (unpaired) electrons. The van der Waals surface area contributed by atoms with Crippen LogP contribution in [-0.4, -0.2) is 12.6 Å². The van der Waals surface area contributed by atoms with Crippen molar-refractivity contribution in [3.8, 4) is 11.1 Å². The number of benzene rings is 2. The number of halogens is 6. The van der Waals surface area contributed by atoms with Gasteiger partial charge in [-0.3, -0.25) is 4.79 Å². The molecule has 0 aromatic heterocycles. The summed E-state index contributed by atoms with van der Waals surface area (Å²) < 4.78 is 88.3. The lowest BCUT2D eigenvalue weighted by Gasteiger charge is -2.21. The number of nitrogens with two attached hydrogens (primary N) is 1. The SMILES string of the molecule is CCOC(=O)C[C@H](N)c1c(F)c(-c2c(C)cc(F)cc2C)cc(C(F)(F)F)c1F. The molecule has 0 fully saturated rings. The van der Waals surface area contributed by atoms with Crippen LogP contribution in [0.25, 0.3) is 11.1 Å². The number of hydrogen-bond donors (Lipinski definition) is 1. The highest BCUT2D eigenvalue weighted by Gasteiger charge is 2.39. The highest BCUT2D eigenvalue weighted by Crippen LogP contribution is 2.41. The molecule has 0 saturated carbocycles. The van der Waals surface area contributed by atoms with E-state index in [2.05, 4.69) is 4.74 Å². The third-order valence-electron chi connectivity index (χ3n) is 4.37. The highest BCUT2D eigenvalue weighted by molar-refractivity contribution is 5.74. The van der Waals surface area contributed by atoms with Gasteiger partial charge in [0.2, 0.25) is 0 Å². The van der Waals surface area contributed by atoms with Gasteiger partial charge in [-0.1, -0.05) is 0 Å². The molecule has 0 aliphatic carbocycles. The normalized spacial score (nSPS) is 12.8. The molecule has 29 heavy (non-hydrogen) atoms. The molecular weight excluding hydrogens is 400 g/mol. The molecule has 9 heteroatoms. The molecule has 158 valence electrons. The molecule has 0 unspecified atom stereocenters. The number of carbonyl (C=O) groups excluding carboxylic acids is 1. The summed E-state index contributed by atoms with van der Waals surface area (Å²) in [7, 11) is 0. The number of alkyl halides is 3. The number of ether oxygens (including phenoxy) is 1. The van der Waals surface area contributed by atoms with E-state index in [4.69, 9.17) is 5.73 Å². The van der Waals surface area contributed by atoms with Crippen molar-refractivity contribution in [2.75, 3.05) is 6.61 Å². The minimum atomic E-state index is -5.15. The first-order valence-electron chi connectivity index (χ1n) is 8.65. The monoisotopic (exact) mass is 419 g/mol. The van der Waals surface area contributed by atoms with E-state index in [1.807, 2.05) is 0 Å². The second-order valence-corrected chi connectivity index (χ2v) is 6.54. The van der Waals surface area contributed by atoms with Gasteiger partial charge in [-0.15, -0.1) is 0 Å². The van der Waals surface area contributed by atoms with Crippen LogP contribution in [0.2, 0.25) is 0 Å². The van der Waals surface area contributed by atoms with E-state index >= 15 is 4.39 Å². The highest BCUT2D eigenvalue weighted by atomic mass is 19.4. The van der Waals surface area contributed by atoms with Gasteiger partial charge in [-0.2, -0.15) is 13.2 Å². The molecule has 0 bridgehead atoms. The summed E-state index contributed by atoms with van der Waals surface area (Å²) in [6.45, 7) is 4.24. The zero-order valence-corrected chi connectivity index (χ0v) is 15.9. The van der Waals surface area contributed by atoms with Crippen LogP contribution < -0.4 is 5.73 Å². The molecular formula is C20H19F6NO2. The van der Waals surface area contributed by atoms with E-state index in [0.29, 0.717) is 6.07 Å². The molecule has 0 aliphatic rings. The van der Waals surface area contributed by atoms with Crippen LogP contribution in [0.15, 0.2) is 18.2 Å². The average molecular weight is 419 g/mol. The largest absolute Gasteiger partial charge is 0.466 e. The lowest BCUT2D eigenvalue weighted by Crippen LogP contribution is -2.22. The molecule has 1 atom stereocenters. The Balaban J connectivity index is 2.79. The fourth-order valence-corrected chi connectivity index (χ4v) is 3.21. The molecule has 2 rings (SSSR count). The zero-order chi connectivity index (χ0) is 22.1. The van der Waals surface area contributed by atoms with Gasteiger partial charge in [0.1, 0.15) is 17.5 Å². The second-order valence-electron chi connectivity index (χ2n) is 6.54. The number of rotatable bonds is 5. The van der Waals surface area contributed by atoms with Gasteiger partial charge in [0.15, 0.2) is 0 Å². The summed E-state index contributed by atoms with van der Waals surface area (Å²) in [5.74, 6) is -4.80. The van der Waals surface area contributed by atoms with Crippen LogP contribution in [0.3, 0.4) is 0 Å². The van der Waals surface area contributed by atoms with Crippen LogP contribution in [0.5, 0.6) is 0 Å². The number of esters is 1. The fourth-order valence-electron chi connectivity index (χ4n) is 3.21. The van der Waals surface area contributed by atoms with Crippen molar-refractivity contribution in [2.24, 2.45) is 5.73 Å². The van der Waals surface area contributed by atoms with E-state index in [1.165, 1.54) is 20.8 Å². The number of carbonyl (C=O) groups is 1. The Hall–Kier alpha value is -2.55. The first-order chi connectivity index (χ1) is 13.4. The van der Waals surface area contributed by atoms with Crippen molar-refractivity contribution < 1.29 is 35.9 Å². The van der Waals surface area contributed by atoms with E-state index in [0.717, 1.165) is 12.1 Å². The van der Waals surface area contributed by atoms with Crippen LogP contribution in [0, 0.1) is 31.3 Å². The maximum absolute atomic E-state index is 15.2. The average Bonchev–Trinajstić information content (AvgIpc) is 2.54. The Bertz CT molecular complexity index is 917. The number of hydrogen-bond acceptors (Lipinski definition) is 3. The van der Waals surface area contributed by atoms with E-state index in [1.54, 1.807) is 0 Å². The third kappa shape index (κ3) is 4.72. The molecule has 0 amide bonds. The van der Waals surface area contributed by atoms with Crippen molar-refractivity contribution in [3.05, 3.63) is 57.9 Å². The topological polar surface area (TPSA) is 52.3 Å². The molecule has 0 aliphatic heterocycles. The molecule has 0 saturated heterocycles. The van der Waals surface area contributed by atoms with Crippen molar-refractivity contribution in [3.63, 3.8) is 0 Å². The van der Waals surface area contributed by atoms with E-state index < -0.39 is 58.8 Å². The van der Waals surface area contributed by atoms with Gasteiger partial charge < -0.3 is 10.5 Å². The van der Waals surface area contributed by atoms with Crippen molar-refractivity contribution >= 4 is 5.97 Å². The Morgan fingerprint density at radius 2 is 1.62 bits per heavy atom. The van der Waals surface area contributed by atoms with Crippen molar-refractivity contribution in [2.45, 2.75) is 39.4 Å². The molecule has 0 spiro atoms. The summed E-state index contributed by atoms with van der Waals surface area (Å²) in [5, 5.41) is 0. The molecule has 2 aromatic rings. The third-order valence-corrected chi connectivity index (χ3v) is 4.37. The molecule has 0 heterocycles. The predicted molar refractivity (Wildman–Crippen MR) is 94.4 cm³/mol. The summed E-state index contributed by atoms with van der Waals surface area (Å²) in [6, 6.07) is 0.669.